The maximum Gasteiger partial charge on any atom is 0.133 e. The van der Waals surface area contributed by atoms with Crippen molar-refractivity contribution in [2.75, 3.05) is 23.7 Å². The predicted octanol–water partition coefficient (Wildman–Crippen LogP) is 2.26. The zero-order chi connectivity index (χ0) is 13.9. The molecule has 0 aliphatic carbocycles. The number of aromatic nitrogens is 1. The summed E-state index contributed by atoms with van der Waals surface area (Å²) < 4.78 is 0. The van der Waals surface area contributed by atoms with Crippen LogP contribution < -0.4 is 16.4 Å². The number of pyridine rings is 1. The van der Waals surface area contributed by atoms with Gasteiger partial charge in [0.2, 0.25) is 0 Å². The molecular weight excluding hydrogens is 248 g/mol. The normalized spacial score (nSPS) is 19.1. The fourth-order valence-corrected chi connectivity index (χ4v) is 2.86. The van der Waals surface area contributed by atoms with Crippen molar-refractivity contribution in [2.45, 2.75) is 18.9 Å². The predicted molar refractivity (Wildman–Crippen MR) is 83.5 cm³/mol. The quantitative estimate of drug-likeness (QED) is 0.876. The molecule has 1 fully saturated rings. The maximum atomic E-state index is 6.13. The highest BCUT2D eigenvalue weighted by Crippen LogP contribution is 2.35. The standard InChI is InChI=1S/C16H20N4/c17-13-7-4-10-20(11-13)14-8-9-19-16(18)15(14)12-5-2-1-3-6-12/h1-3,5-6,8-9,13H,4,7,10-11,17H2,(H2,18,19)/t13-/m0/s1. The van der Waals surface area contributed by atoms with Gasteiger partial charge in [-0.2, -0.15) is 0 Å². The first-order valence-corrected chi connectivity index (χ1v) is 7.06. The summed E-state index contributed by atoms with van der Waals surface area (Å²) in [5, 5.41) is 0. The van der Waals surface area contributed by atoms with Crippen LogP contribution in [0, 0.1) is 0 Å². The van der Waals surface area contributed by atoms with E-state index in [1.165, 1.54) is 0 Å². The number of nitrogens with zero attached hydrogens (tertiary/aromatic N) is 2. The Morgan fingerprint density at radius 2 is 1.95 bits per heavy atom. The fraction of sp³-hybridized carbons (Fsp3) is 0.312. The van der Waals surface area contributed by atoms with Crippen LogP contribution in [0.3, 0.4) is 0 Å². The van der Waals surface area contributed by atoms with Gasteiger partial charge in [0.05, 0.1) is 0 Å². The van der Waals surface area contributed by atoms with Crippen LogP contribution in [-0.4, -0.2) is 24.1 Å². The molecule has 4 N–H and O–H groups in total. The highest BCUT2D eigenvalue weighted by atomic mass is 15.2. The lowest BCUT2D eigenvalue weighted by atomic mass is 10.0. The summed E-state index contributed by atoms with van der Waals surface area (Å²) in [6.45, 7) is 1.90. The van der Waals surface area contributed by atoms with Crippen LogP contribution in [0.25, 0.3) is 11.1 Å². The Hall–Kier alpha value is -2.07. The van der Waals surface area contributed by atoms with Crippen molar-refractivity contribution in [1.29, 1.82) is 0 Å². The Labute approximate surface area is 119 Å². The lowest BCUT2D eigenvalue weighted by Gasteiger charge is -2.34. The van der Waals surface area contributed by atoms with Gasteiger partial charge >= 0.3 is 0 Å². The highest BCUT2D eigenvalue weighted by molar-refractivity contribution is 5.86. The Morgan fingerprint density at radius 3 is 2.70 bits per heavy atom. The molecule has 1 saturated heterocycles. The van der Waals surface area contributed by atoms with Gasteiger partial charge < -0.3 is 16.4 Å². The lowest BCUT2D eigenvalue weighted by molar-refractivity contribution is 0.506. The van der Waals surface area contributed by atoms with Gasteiger partial charge in [0.25, 0.3) is 0 Å². The van der Waals surface area contributed by atoms with Gasteiger partial charge in [0.1, 0.15) is 5.82 Å². The van der Waals surface area contributed by atoms with E-state index in [2.05, 4.69) is 22.0 Å². The number of piperidine rings is 1. The number of nitrogen functional groups attached to an aromatic ring is 1. The van der Waals surface area contributed by atoms with E-state index in [4.69, 9.17) is 11.5 Å². The fourth-order valence-electron chi connectivity index (χ4n) is 2.86. The Kier molecular flexibility index (Phi) is 3.56. The van der Waals surface area contributed by atoms with E-state index in [0.29, 0.717) is 5.82 Å². The molecule has 20 heavy (non-hydrogen) atoms. The van der Waals surface area contributed by atoms with Crippen molar-refractivity contribution in [3.63, 3.8) is 0 Å². The molecule has 2 heterocycles. The molecule has 0 bridgehead atoms. The first-order valence-electron chi connectivity index (χ1n) is 7.06. The van der Waals surface area contributed by atoms with Crippen LogP contribution in [0.2, 0.25) is 0 Å². The second-order valence-corrected chi connectivity index (χ2v) is 5.30. The van der Waals surface area contributed by atoms with E-state index in [1.807, 2.05) is 24.3 Å². The van der Waals surface area contributed by atoms with Gasteiger partial charge in [-0.25, -0.2) is 4.98 Å². The van der Waals surface area contributed by atoms with Crippen LogP contribution in [0.5, 0.6) is 0 Å². The highest BCUT2D eigenvalue weighted by Gasteiger charge is 2.21. The molecule has 1 aliphatic heterocycles. The minimum absolute atomic E-state index is 0.238. The van der Waals surface area contributed by atoms with Crippen LogP contribution in [0.1, 0.15) is 12.8 Å². The summed E-state index contributed by atoms with van der Waals surface area (Å²) in [5.74, 6) is 0.577. The Balaban J connectivity index is 2.05. The monoisotopic (exact) mass is 268 g/mol. The Morgan fingerprint density at radius 1 is 1.15 bits per heavy atom. The van der Waals surface area contributed by atoms with Gasteiger partial charge in [-0.1, -0.05) is 30.3 Å². The van der Waals surface area contributed by atoms with E-state index < -0.39 is 0 Å². The molecule has 104 valence electrons. The molecule has 2 aromatic rings. The molecule has 1 aliphatic rings. The first-order chi connectivity index (χ1) is 9.75. The maximum absolute atomic E-state index is 6.13. The minimum atomic E-state index is 0.238. The van der Waals surface area contributed by atoms with E-state index in [-0.39, 0.29) is 6.04 Å². The SMILES string of the molecule is Nc1nccc(N2CCC[C@H](N)C2)c1-c1ccccc1. The number of hydrogen-bond acceptors (Lipinski definition) is 4. The van der Waals surface area contributed by atoms with E-state index in [9.17, 15) is 0 Å². The van der Waals surface area contributed by atoms with Gasteiger partial charge in [-0.15, -0.1) is 0 Å². The van der Waals surface area contributed by atoms with E-state index in [0.717, 1.165) is 42.7 Å². The largest absolute Gasteiger partial charge is 0.383 e. The smallest absolute Gasteiger partial charge is 0.133 e. The van der Waals surface area contributed by atoms with Crippen LogP contribution >= 0.6 is 0 Å². The summed E-state index contributed by atoms with van der Waals surface area (Å²) in [6, 6.07) is 12.5. The molecule has 4 nitrogen and oxygen atoms in total. The minimum Gasteiger partial charge on any atom is -0.383 e. The molecule has 0 unspecified atom stereocenters. The molecule has 0 spiro atoms. The van der Waals surface area contributed by atoms with Gasteiger partial charge in [-0.3, -0.25) is 0 Å². The van der Waals surface area contributed by atoms with Crippen molar-refractivity contribution in [2.24, 2.45) is 5.73 Å². The third-order valence-corrected chi connectivity index (χ3v) is 3.82. The van der Waals surface area contributed by atoms with Crippen molar-refractivity contribution in [3.8, 4) is 11.1 Å². The first kappa shape index (κ1) is 12.9. The third kappa shape index (κ3) is 2.47. The van der Waals surface area contributed by atoms with Crippen molar-refractivity contribution < 1.29 is 0 Å². The second-order valence-electron chi connectivity index (χ2n) is 5.30. The molecule has 0 saturated carbocycles. The molecule has 4 heteroatoms. The molecule has 0 amide bonds. The average Bonchev–Trinajstić information content (AvgIpc) is 2.48. The average molecular weight is 268 g/mol. The van der Waals surface area contributed by atoms with Crippen molar-refractivity contribution in [1.82, 2.24) is 4.98 Å². The zero-order valence-electron chi connectivity index (χ0n) is 11.5. The topological polar surface area (TPSA) is 68.2 Å². The van der Waals surface area contributed by atoms with Crippen molar-refractivity contribution >= 4 is 11.5 Å². The summed E-state index contributed by atoms with van der Waals surface area (Å²) >= 11 is 0. The van der Waals surface area contributed by atoms with Crippen LogP contribution in [0.4, 0.5) is 11.5 Å². The van der Waals surface area contributed by atoms with Gasteiger partial charge in [0.15, 0.2) is 0 Å². The van der Waals surface area contributed by atoms with E-state index >= 15 is 0 Å². The molecule has 1 aromatic carbocycles. The lowest BCUT2D eigenvalue weighted by Crippen LogP contribution is -2.43. The summed E-state index contributed by atoms with van der Waals surface area (Å²) in [5.41, 5.74) is 15.5. The number of hydrogen-bond donors (Lipinski definition) is 2. The molecule has 1 aromatic heterocycles. The van der Waals surface area contributed by atoms with Crippen LogP contribution in [0.15, 0.2) is 42.6 Å². The number of anilines is 2. The van der Waals surface area contributed by atoms with Crippen molar-refractivity contribution in [3.05, 3.63) is 42.6 Å². The van der Waals surface area contributed by atoms with E-state index in [1.54, 1.807) is 6.20 Å². The number of nitrogens with two attached hydrogens (primary N) is 2. The zero-order valence-corrected chi connectivity index (χ0v) is 11.5. The molecule has 3 rings (SSSR count). The Bertz CT molecular complexity index is 582. The molecule has 0 radical (unpaired) electrons. The van der Waals surface area contributed by atoms with Gasteiger partial charge in [-0.05, 0) is 24.5 Å². The summed E-state index contributed by atoms with van der Waals surface area (Å²) in [6.07, 6.45) is 3.99. The molecular formula is C16H20N4. The third-order valence-electron chi connectivity index (χ3n) is 3.82. The summed E-state index contributed by atoms with van der Waals surface area (Å²) in [4.78, 5) is 6.58. The summed E-state index contributed by atoms with van der Waals surface area (Å²) in [7, 11) is 0. The number of rotatable bonds is 2. The van der Waals surface area contributed by atoms with Crippen LogP contribution in [-0.2, 0) is 0 Å². The second kappa shape index (κ2) is 5.51. The number of benzene rings is 1. The van der Waals surface area contributed by atoms with Gasteiger partial charge in [0, 0.05) is 36.6 Å². The molecule has 1 atom stereocenters.